The van der Waals surface area contributed by atoms with Crippen LogP contribution in [0, 0.1) is 5.92 Å². The topological polar surface area (TPSA) is 51.0 Å². The Labute approximate surface area is 136 Å². The molecule has 0 spiro atoms. The van der Waals surface area contributed by atoms with E-state index >= 15 is 0 Å². The van der Waals surface area contributed by atoms with Crippen molar-refractivity contribution in [1.29, 1.82) is 0 Å². The molecule has 3 heterocycles. The van der Waals surface area contributed by atoms with E-state index in [2.05, 4.69) is 14.9 Å². The summed E-state index contributed by atoms with van der Waals surface area (Å²) < 4.78 is 1.84. The predicted molar refractivity (Wildman–Crippen MR) is 87.4 cm³/mol. The Bertz CT molecular complexity index is 659. The summed E-state index contributed by atoms with van der Waals surface area (Å²) in [5, 5.41) is 0. The quantitative estimate of drug-likeness (QED) is 0.875. The van der Waals surface area contributed by atoms with E-state index in [0.29, 0.717) is 17.5 Å². The number of aromatic nitrogens is 3. The standard InChI is InChI=1S/C18H22N4O/c23-18(22-10-3-6-16(22)14-4-1-2-5-14)15-7-8-17(20-12-15)21-11-9-19-13-21/h7-9,11-14,16H,1-6,10H2/t16-/m0/s1. The molecule has 23 heavy (non-hydrogen) atoms. The Kier molecular flexibility index (Phi) is 3.85. The van der Waals surface area contributed by atoms with Crippen LogP contribution in [-0.4, -0.2) is 37.9 Å². The molecule has 0 N–H and O–H groups in total. The molecular formula is C18H22N4O. The van der Waals surface area contributed by atoms with E-state index in [9.17, 15) is 4.79 Å². The van der Waals surface area contributed by atoms with E-state index < -0.39 is 0 Å². The first-order chi connectivity index (χ1) is 11.3. The zero-order valence-electron chi connectivity index (χ0n) is 13.3. The van der Waals surface area contributed by atoms with Crippen molar-refractivity contribution in [3.05, 3.63) is 42.6 Å². The first kappa shape index (κ1) is 14.4. The molecule has 5 nitrogen and oxygen atoms in total. The molecule has 4 rings (SSSR count). The molecule has 2 fully saturated rings. The second-order valence-electron chi connectivity index (χ2n) is 6.63. The summed E-state index contributed by atoms with van der Waals surface area (Å²) in [6.45, 7) is 0.892. The van der Waals surface area contributed by atoms with E-state index in [4.69, 9.17) is 0 Å². The van der Waals surface area contributed by atoms with E-state index in [-0.39, 0.29) is 5.91 Å². The van der Waals surface area contributed by atoms with Gasteiger partial charge in [-0.1, -0.05) is 12.8 Å². The van der Waals surface area contributed by atoms with Crippen LogP contribution >= 0.6 is 0 Å². The lowest BCUT2D eigenvalue weighted by Gasteiger charge is -2.29. The molecule has 2 aromatic heterocycles. The van der Waals surface area contributed by atoms with Crippen molar-refractivity contribution in [2.45, 2.75) is 44.6 Å². The fourth-order valence-electron chi connectivity index (χ4n) is 4.10. The Morgan fingerprint density at radius 1 is 1.13 bits per heavy atom. The van der Waals surface area contributed by atoms with Gasteiger partial charge in [-0.2, -0.15) is 0 Å². The van der Waals surface area contributed by atoms with Gasteiger partial charge in [0.2, 0.25) is 0 Å². The molecule has 0 unspecified atom stereocenters. The highest BCUT2D eigenvalue weighted by molar-refractivity contribution is 5.94. The minimum atomic E-state index is 0.143. The smallest absolute Gasteiger partial charge is 0.255 e. The van der Waals surface area contributed by atoms with Gasteiger partial charge in [-0.15, -0.1) is 0 Å². The van der Waals surface area contributed by atoms with Crippen molar-refractivity contribution in [2.75, 3.05) is 6.54 Å². The molecule has 2 aromatic rings. The van der Waals surface area contributed by atoms with Crippen molar-refractivity contribution < 1.29 is 4.79 Å². The lowest BCUT2D eigenvalue weighted by atomic mass is 9.95. The number of imidazole rings is 1. The van der Waals surface area contributed by atoms with Crippen LogP contribution in [0.4, 0.5) is 0 Å². The van der Waals surface area contributed by atoms with Gasteiger partial charge in [0.25, 0.3) is 5.91 Å². The van der Waals surface area contributed by atoms with Crippen molar-refractivity contribution in [2.24, 2.45) is 5.92 Å². The highest BCUT2D eigenvalue weighted by Crippen LogP contribution is 2.36. The van der Waals surface area contributed by atoms with E-state index in [1.807, 2.05) is 22.9 Å². The van der Waals surface area contributed by atoms with Gasteiger partial charge in [0, 0.05) is 31.2 Å². The Hall–Kier alpha value is -2.17. The third-order valence-corrected chi connectivity index (χ3v) is 5.27. The summed E-state index contributed by atoms with van der Waals surface area (Å²) >= 11 is 0. The predicted octanol–water partition coefficient (Wildman–Crippen LogP) is 3.06. The van der Waals surface area contributed by atoms with Crippen molar-refractivity contribution >= 4 is 5.91 Å². The molecule has 1 saturated carbocycles. The molecule has 5 heteroatoms. The first-order valence-corrected chi connectivity index (χ1v) is 8.58. The molecule has 1 saturated heterocycles. The van der Waals surface area contributed by atoms with Gasteiger partial charge in [-0.25, -0.2) is 9.97 Å². The molecule has 0 radical (unpaired) electrons. The minimum absolute atomic E-state index is 0.143. The summed E-state index contributed by atoms with van der Waals surface area (Å²) in [4.78, 5) is 23.4. The monoisotopic (exact) mass is 310 g/mol. The maximum absolute atomic E-state index is 12.9. The van der Waals surface area contributed by atoms with Crippen LogP contribution in [0.1, 0.15) is 48.9 Å². The van der Waals surface area contributed by atoms with Gasteiger partial charge < -0.3 is 4.90 Å². The number of likely N-dealkylation sites (tertiary alicyclic amines) is 1. The average molecular weight is 310 g/mol. The zero-order valence-corrected chi connectivity index (χ0v) is 13.3. The maximum Gasteiger partial charge on any atom is 0.255 e. The third kappa shape index (κ3) is 2.76. The zero-order chi connectivity index (χ0) is 15.6. The SMILES string of the molecule is O=C(c1ccc(-n2ccnc2)nc1)N1CCC[C@H]1C1CCCC1. The van der Waals surface area contributed by atoms with Gasteiger partial charge in [-0.05, 0) is 43.7 Å². The highest BCUT2D eigenvalue weighted by atomic mass is 16.2. The van der Waals surface area contributed by atoms with Crippen LogP contribution in [0.25, 0.3) is 5.82 Å². The van der Waals surface area contributed by atoms with Gasteiger partial charge in [-0.3, -0.25) is 9.36 Å². The van der Waals surface area contributed by atoms with E-state index in [1.165, 1.54) is 25.7 Å². The Morgan fingerprint density at radius 3 is 2.70 bits per heavy atom. The van der Waals surface area contributed by atoms with E-state index in [0.717, 1.165) is 25.2 Å². The van der Waals surface area contributed by atoms with Crippen LogP contribution in [0.15, 0.2) is 37.1 Å². The number of hydrogen-bond donors (Lipinski definition) is 0. The lowest BCUT2D eigenvalue weighted by molar-refractivity contribution is 0.0688. The first-order valence-electron chi connectivity index (χ1n) is 8.58. The highest BCUT2D eigenvalue weighted by Gasteiger charge is 2.36. The number of carbonyl (C=O) groups is 1. The fraction of sp³-hybridized carbons (Fsp3) is 0.500. The average Bonchev–Trinajstić information content (AvgIpc) is 3.35. The molecule has 2 aliphatic rings. The number of carbonyl (C=O) groups excluding carboxylic acids is 1. The van der Waals surface area contributed by atoms with Crippen LogP contribution in [0.3, 0.4) is 0 Å². The van der Waals surface area contributed by atoms with Crippen LogP contribution in [0.2, 0.25) is 0 Å². The van der Waals surface area contributed by atoms with Gasteiger partial charge in [0.1, 0.15) is 12.1 Å². The molecule has 1 aliphatic heterocycles. The molecule has 120 valence electrons. The largest absolute Gasteiger partial charge is 0.335 e. The summed E-state index contributed by atoms with van der Waals surface area (Å²) in [6, 6.07) is 4.21. The Balaban J connectivity index is 1.51. The van der Waals surface area contributed by atoms with Crippen LogP contribution < -0.4 is 0 Å². The van der Waals surface area contributed by atoms with Crippen molar-refractivity contribution in [3.63, 3.8) is 0 Å². The third-order valence-electron chi connectivity index (χ3n) is 5.27. The number of rotatable bonds is 3. The van der Waals surface area contributed by atoms with Gasteiger partial charge >= 0.3 is 0 Å². The molecule has 0 aromatic carbocycles. The summed E-state index contributed by atoms with van der Waals surface area (Å²) in [7, 11) is 0. The normalized spacial score (nSPS) is 21.9. The summed E-state index contributed by atoms with van der Waals surface area (Å²) in [5.74, 6) is 1.64. The van der Waals surface area contributed by atoms with Crippen LogP contribution in [0.5, 0.6) is 0 Å². The minimum Gasteiger partial charge on any atom is -0.335 e. The number of amides is 1. The van der Waals surface area contributed by atoms with Crippen molar-refractivity contribution in [1.82, 2.24) is 19.4 Å². The number of pyridine rings is 1. The maximum atomic E-state index is 12.9. The van der Waals surface area contributed by atoms with E-state index in [1.54, 1.807) is 18.7 Å². The second kappa shape index (κ2) is 6.14. The molecule has 1 atom stereocenters. The van der Waals surface area contributed by atoms with Crippen molar-refractivity contribution in [3.8, 4) is 5.82 Å². The summed E-state index contributed by atoms with van der Waals surface area (Å²) in [5.41, 5.74) is 0.693. The van der Waals surface area contributed by atoms with Gasteiger partial charge in [0.15, 0.2) is 0 Å². The molecule has 1 aliphatic carbocycles. The molecule has 0 bridgehead atoms. The van der Waals surface area contributed by atoms with Gasteiger partial charge in [0.05, 0.1) is 5.56 Å². The Morgan fingerprint density at radius 2 is 2.00 bits per heavy atom. The number of nitrogens with zero attached hydrogens (tertiary/aromatic N) is 4. The summed E-state index contributed by atoms with van der Waals surface area (Å²) in [6.07, 6.45) is 14.5. The number of hydrogen-bond acceptors (Lipinski definition) is 3. The van der Waals surface area contributed by atoms with Crippen LogP contribution in [-0.2, 0) is 0 Å². The fourth-order valence-corrected chi connectivity index (χ4v) is 4.10. The molecular weight excluding hydrogens is 288 g/mol. The lowest BCUT2D eigenvalue weighted by Crippen LogP contribution is -2.39. The second-order valence-corrected chi connectivity index (χ2v) is 6.63. The molecule has 1 amide bonds.